The first-order valence-electron chi connectivity index (χ1n) is 37.4. The van der Waals surface area contributed by atoms with Gasteiger partial charge in [-0.1, -0.05) is 315 Å². The Morgan fingerprint density at radius 3 is 0.824 bits per heavy atom. The molecule has 0 saturated carbocycles. The number of hydrogen-bond acceptors (Lipinski definition) is 2. The third-order valence-corrected chi connectivity index (χ3v) is 22.5. The molecular weight excluding hydrogens is 1300 g/mol. The molecule has 5 heteroatoms. The van der Waals surface area contributed by atoms with Crippen molar-refractivity contribution in [3.8, 4) is 100 Å². The first kappa shape index (κ1) is 62.6. The largest absolute Gasteiger partial charge is 0.310 e. The van der Waals surface area contributed by atoms with Crippen LogP contribution in [-0.2, 0) is 0 Å². The zero-order valence-corrected chi connectivity index (χ0v) is 59.5. The van der Waals surface area contributed by atoms with Gasteiger partial charge in [-0.05, 0) is 181 Å². The van der Waals surface area contributed by atoms with E-state index in [2.05, 4.69) is 426 Å². The summed E-state index contributed by atoms with van der Waals surface area (Å²) < 4.78 is 4.98. The van der Waals surface area contributed by atoms with Crippen LogP contribution in [0.5, 0.6) is 0 Å². The Morgan fingerprint density at radius 1 is 0.204 bits per heavy atom. The van der Waals surface area contributed by atoms with Gasteiger partial charge in [-0.25, -0.2) is 0 Å². The van der Waals surface area contributed by atoms with E-state index in [-0.39, 0.29) is 6.71 Å². The molecule has 0 aliphatic carbocycles. The van der Waals surface area contributed by atoms with Crippen LogP contribution in [0.1, 0.15) is 5.56 Å². The maximum Gasteiger partial charge on any atom is 0.252 e. The van der Waals surface area contributed by atoms with Crippen molar-refractivity contribution in [2.75, 3.05) is 9.80 Å². The van der Waals surface area contributed by atoms with Crippen molar-refractivity contribution in [1.29, 1.82) is 0 Å². The third kappa shape index (κ3) is 10.3. The van der Waals surface area contributed by atoms with Gasteiger partial charge in [0.1, 0.15) is 0 Å². The number of aryl methyl sites for hydroxylation is 1. The highest BCUT2D eigenvalue weighted by Gasteiger charge is 2.46. The minimum absolute atomic E-state index is 0.243. The molecule has 504 valence electrons. The van der Waals surface area contributed by atoms with Gasteiger partial charge in [0.25, 0.3) is 6.71 Å². The van der Waals surface area contributed by atoms with Crippen LogP contribution in [0.4, 0.5) is 34.1 Å². The van der Waals surface area contributed by atoms with E-state index in [1.54, 1.807) is 0 Å². The van der Waals surface area contributed by atoms with Crippen molar-refractivity contribution in [3.05, 3.63) is 406 Å². The summed E-state index contributed by atoms with van der Waals surface area (Å²) in [5, 5.41) is 4.88. The number of rotatable bonds is 12. The lowest BCUT2D eigenvalue weighted by molar-refractivity contribution is 1.16. The molecule has 0 N–H and O–H groups in total. The summed E-state index contributed by atoms with van der Waals surface area (Å²) in [6, 6.07) is 149. The van der Waals surface area contributed by atoms with Gasteiger partial charge in [-0.15, -0.1) is 0 Å². The number of fused-ring (bicyclic) bond motifs is 10. The van der Waals surface area contributed by atoms with Gasteiger partial charge in [-0.2, -0.15) is 0 Å². The molecule has 0 saturated heterocycles. The van der Waals surface area contributed by atoms with Gasteiger partial charge in [0.05, 0.1) is 33.4 Å². The van der Waals surface area contributed by atoms with Crippen LogP contribution in [0, 0.1) is 6.92 Å². The monoisotopic (exact) mass is 1370 g/mol. The molecule has 17 aromatic carbocycles. The van der Waals surface area contributed by atoms with Crippen LogP contribution in [-0.4, -0.2) is 15.8 Å². The minimum Gasteiger partial charge on any atom is -0.310 e. The average molecular weight is 1370 g/mol. The highest BCUT2D eigenvalue weighted by Crippen LogP contribution is 2.54. The van der Waals surface area contributed by atoms with Crippen LogP contribution in [0.15, 0.2) is 400 Å². The number of aromatic nitrogens is 2. The number of hydrogen-bond donors (Lipinski definition) is 0. The molecule has 21 rings (SSSR count). The van der Waals surface area contributed by atoms with Crippen molar-refractivity contribution >= 4 is 101 Å². The lowest BCUT2D eigenvalue weighted by atomic mass is 9.33. The molecular formula is C103H69BN4. The topological polar surface area (TPSA) is 16.3 Å². The molecule has 2 aliphatic rings. The van der Waals surface area contributed by atoms with E-state index in [0.29, 0.717) is 0 Å². The molecule has 0 bridgehead atoms. The summed E-state index contributed by atoms with van der Waals surface area (Å²) in [5.74, 6) is 0. The summed E-state index contributed by atoms with van der Waals surface area (Å²) >= 11 is 0. The predicted molar refractivity (Wildman–Crippen MR) is 457 cm³/mol. The lowest BCUT2D eigenvalue weighted by Gasteiger charge is -2.46. The van der Waals surface area contributed by atoms with Gasteiger partial charge >= 0.3 is 0 Å². The van der Waals surface area contributed by atoms with Gasteiger partial charge in [0.15, 0.2) is 0 Å². The number of benzene rings is 17. The van der Waals surface area contributed by atoms with Crippen molar-refractivity contribution in [2.45, 2.75) is 6.92 Å². The maximum atomic E-state index is 2.68. The van der Waals surface area contributed by atoms with Crippen molar-refractivity contribution in [2.24, 2.45) is 0 Å². The van der Waals surface area contributed by atoms with E-state index < -0.39 is 0 Å². The first-order valence-corrected chi connectivity index (χ1v) is 37.4. The lowest BCUT2D eigenvalue weighted by Crippen LogP contribution is -2.61. The van der Waals surface area contributed by atoms with Crippen molar-refractivity contribution in [1.82, 2.24) is 9.13 Å². The second-order valence-corrected chi connectivity index (χ2v) is 28.7. The molecule has 0 atom stereocenters. The Hall–Kier alpha value is -14.0. The fraction of sp³-hybridized carbons (Fsp3) is 0.00971. The Bertz CT molecular complexity index is 6260. The number of nitrogens with zero attached hydrogens (tertiary/aromatic N) is 4. The molecule has 0 spiro atoms. The Labute approximate surface area is 628 Å². The fourth-order valence-corrected chi connectivity index (χ4v) is 17.8. The quantitative estimate of drug-likeness (QED) is 0.113. The summed E-state index contributed by atoms with van der Waals surface area (Å²) in [6.45, 7) is 2.07. The predicted octanol–water partition coefficient (Wildman–Crippen LogP) is 25.6. The summed E-state index contributed by atoms with van der Waals surface area (Å²) in [6.07, 6.45) is 0. The first-order chi connectivity index (χ1) is 53.5. The third-order valence-electron chi connectivity index (χ3n) is 22.5. The SMILES string of the molecule is Cc1cc2c3c(c1)N(c1c(-c4ccccc4)cccc1-c1cccc(-c4cccc(-c5ccccc5)c4)c1)c1cc(-n4c5ccccc5c5ccccc54)ccc1B3c1ccc(-n3c4ccccc4c4ccccc43)cc1N2c1c(-c2ccccc2)cccc1-c1cccc(-c2cccc(-c3ccccc3)c2)c1. The molecule has 0 radical (unpaired) electrons. The van der Waals surface area contributed by atoms with Crippen molar-refractivity contribution < 1.29 is 0 Å². The normalized spacial score (nSPS) is 12.2. The zero-order valence-electron chi connectivity index (χ0n) is 59.5. The molecule has 0 unspecified atom stereocenters. The van der Waals surface area contributed by atoms with E-state index in [9.17, 15) is 0 Å². The van der Waals surface area contributed by atoms with Crippen LogP contribution < -0.4 is 26.2 Å². The van der Waals surface area contributed by atoms with Gasteiger partial charge in [-0.3, -0.25) is 0 Å². The number of anilines is 6. The van der Waals surface area contributed by atoms with E-state index in [0.717, 1.165) is 140 Å². The second-order valence-electron chi connectivity index (χ2n) is 28.7. The minimum atomic E-state index is -0.243. The number of para-hydroxylation sites is 6. The van der Waals surface area contributed by atoms with Gasteiger partial charge in [0, 0.05) is 77.9 Å². The highest BCUT2D eigenvalue weighted by atomic mass is 15.2. The molecule has 0 fully saturated rings. The van der Waals surface area contributed by atoms with Crippen LogP contribution in [0.25, 0.3) is 144 Å². The van der Waals surface area contributed by atoms with Crippen LogP contribution >= 0.6 is 0 Å². The molecule has 19 aromatic rings. The molecule has 4 nitrogen and oxygen atoms in total. The molecule has 0 amide bonds. The molecule has 108 heavy (non-hydrogen) atoms. The Kier molecular flexibility index (Phi) is 14.9. The van der Waals surface area contributed by atoms with Gasteiger partial charge in [0.2, 0.25) is 0 Å². The Morgan fingerprint density at radius 2 is 0.472 bits per heavy atom. The Balaban J connectivity index is 0.867. The summed E-state index contributed by atoms with van der Waals surface area (Å²) in [4.78, 5) is 5.37. The standard InChI is InChI=1S/C103H69BN4/c1-68-60-99-101-100(61-68)108(103-84(72-34-12-5-13-35-72)49-27-51-86(103)80-43-25-41-78(65-80)76-39-23-37-74(63-76)70-30-8-3-9-31-70)98-67-82(106-95-54-20-16-46-89(95)90-47-17-21-55-96(90)106)57-59-92(98)104(101)91-58-56-81(105-93-52-18-14-44-87(93)88-45-15-19-53-94(88)105)66-97(91)107(99)102-83(71-32-10-4-11-33-71)48-26-50-85(102)79-42-24-40-77(64-79)75-38-22-36-73(62-75)69-28-6-2-7-29-69/h2-67H,1H3. The summed E-state index contributed by atoms with van der Waals surface area (Å²) in [5.41, 5.74) is 36.6. The van der Waals surface area contributed by atoms with E-state index in [1.165, 1.54) is 60.2 Å². The molecule has 2 aliphatic heterocycles. The van der Waals surface area contributed by atoms with Crippen molar-refractivity contribution in [3.63, 3.8) is 0 Å². The zero-order chi connectivity index (χ0) is 71.3. The molecule has 4 heterocycles. The average Bonchev–Trinajstić information content (AvgIpc) is 0.922. The smallest absolute Gasteiger partial charge is 0.252 e. The summed E-state index contributed by atoms with van der Waals surface area (Å²) in [7, 11) is 0. The van der Waals surface area contributed by atoms with E-state index in [1.807, 2.05) is 0 Å². The highest BCUT2D eigenvalue weighted by molar-refractivity contribution is 7.00. The van der Waals surface area contributed by atoms with Crippen LogP contribution in [0.2, 0.25) is 0 Å². The fourth-order valence-electron chi connectivity index (χ4n) is 17.8. The maximum absolute atomic E-state index is 2.68. The van der Waals surface area contributed by atoms with Crippen LogP contribution in [0.3, 0.4) is 0 Å². The van der Waals surface area contributed by atoms with E-state index in [4.69, 9.17) is 0 Å². The molecule has 2 aromatic heterocycles. The second kappa shape index (κ2) is 25.7. The van der Waals surface area contributed by atoms with E-state index >= 15 is 0 Å². The van der Waals surface area contributed by atoms with Gasteiger partial charge < -0.3 is 18.9 Å².